The molecule has 0 heterocycles. The maximum atomic E-state index is 13.5. The van der Waals surface area contributed by atoms with Crippen LogP contribution in [0.4, 0.5) is 4.39 Å². The lowest BCUT2D eigenvalue weighted by molar-refractivity contribution is -0.146. The highest BCUT2D eigenvalue weighted by Crippen LogP contribution is 2.29. The number of halogens is 1. The molecule has 2 unspecified atom stereocenters. The first-order chi connectivity index (χ1) is 8.51. The smallest absolute Gasteiger partial charge is 0.309 e. The van der Waals surface area contributed by atoms with Crippen molar-refractivity contribution in [3.8, 4) is 5.75 Å². The Balaban J connectivity index is 2.97. The molecule has 1 rings (SSSR count). The van der Waals surface area contributed by atoms with E-state index in [-0.39, 0.29) is 11.3 Å². The Hall–Kier alpha value is -1.62. The van der Waals surface area contributed by atoms with Crippen LogP contribution in [0.2, 0.25) is 0 Å². The summed E-state index contributed by atoms with van der Waals surface area (Å²) < 4.78 is 18.2. The number of methoxy groups -OCH3 is 1. The van der Waals surface area contributed by atoms with Gasteiger partial charge in [-0.3, -0.25) is 4.79 Å². The van der Waals surface area contributed by atoms with Crippen molar-refractivity contribution in [2.45, 2.75) is 25.9 Å². The van der Waals surface area contributed by atoms with Crippen LogP contribution in [0.1, 0.15) is 31.4 Å². The summed E-state index contributed by atoms with van der Waals surface area (Å²) in [6, 6.07) is 3.95. The van der Waals surface area contributed by atoms with Gasteiger partial charge in [0.05, 0.1) is 19.1 Å². The highest BCUT2D eigenvalue weighted by atomic mass is 19.1. The maximum Gasteiger partial charge on any atom is 0.309 e. The van der Waals surface area contributed by atoms with E-state index in [2.05, 4.69) is 0 Å². The fourth-order valence-corrected chi connectivity index (χ4v) is 1.83. The van der Waals surface area contributed by atoms with Gasteiger partial charge < -0.3 is 14.9 Å². The first-order valence-corrected chi connectivity index (χ1v) is 5.75. The Kier molecular flexibility index (Phi) is 5.09. The summed E-state index contributed by atoms with van der Waals surface area (Å²) in [4.78, 5) is 11.0. The first kappa shape index (κ1) is 14.4. The van der Waals surface area contributed by atoms with E-state index in [4.69, 9.17) is 9.84 Å². The topological polar surface area (TPSA) is 66.8 Å². The molecule has 18 heavy (non-hydrogen) atoms. The van der Waals surface area contributed by atoms with Gasteiger partial charge in [-0.05, 0) is 24.1 Å². The number of aliphatic carboxylic acids is 1. The third-order valence-electron chi connectivity index (χ3n) is 2.82. The molecule has 5 heteroatoms. The van der Waals surface area contributed by atoms with Crippen LogP contribution < -0.4 is 4.74 Å². The summed E-state index contributed by atoms with van der Waals surface area (Å²) in [7, 11) is 1.34. The molecule has 2 atom stereocenters. The summed E-state index contributed by atoms with van der Waals surface area (Å²) in [6.07, 6.45) is -0.251. The molecule has 0 amide bonds. The summed E-state index contributed by atoms with van der Waals surface area (Å²) >= 11 is 0. The minimum absolute atomic E-state index is 0.0633. The van der Waals surface area contributed by atoms with E-state index in [1.165, 1.54) is 19.2 Å². The summed E-state index contributed by atoms with van der Waals surface area (Å²) in [5.74, 6) is -2.56. The number of carbonyl (C=O) groups is 1. The number of aliphatic hydroxyl groups is 1. The predicted octanol–water partition coefficient (Wildman–Crippen LogP) is 2.37. The van der Waals surface area contributed by atoms with Crippen LogP contribution in [0.5, 0.6) is 5.75 Å². The minimum atomic E-state index is -1.22. The van der Waals surface area contributed by atoms with Crippen molar-refractivity contribution in [1.82, 2.24) is 0 Å². The van der Waals surface area contributed by atoms with Gasteiger partial charge in [0.15, 0.2) is 11.6 Å². The molecule has 0 spiro atoms. The number of rotatable bonds is 6. The van der Waals surface area contributed by atoms with Gasteiger partial charge in [-0.25, -0.2) is 4.39 Å². The highest BCUT2D eigenvalue weighted by Gasteiger charge is 2.27. The second-order valence-corrected chi connectivity index (χ2v) is 4.07. The molecule has 100 valence electrons. The largest absolute Gasteiger partial charge is 0.494 e. The van der Waals surface area contributed by atoms with Gasteiger partial charge in [0.1, 0.15) is 0 Å². The van der Waals surface area contributed by atoms with E-state index in [1.807, 2.05) is 6.92 Å². The second-order valence-electron chi connectivity index (χ2n) is 4.07. The maximum absolute atomic E-state index is 13.5. The van der Waals surface area contributed by atoms with Crippen molar-refractivity contribution in [3.63, 3.8) is 0 Å². The summed E-state index contributed by atoms with van der Waals surface area (Å²) in [6.45, 7) is 1.83. The standard InChI is InChI=1S/C13H17FO4/c1-3-4-9(13(16)17)12(15)8-5-6-11(18-2)10(14)7-8/h5-7,9,12,15H,3-4H2,1-2H3,(H,16,17). The van der Waals surface area contributed by atoms with E-state index >= 15 is 0 Å². The van der Waals surface area contributed by atoms with Crippen molar-refractivity contribution in [2.75, 3.05) is 7.11 Å². The molecule has 0 aliphatic rings. The first-order valence-electron chi connectivity index (χ1n) is 5.75. The van der Waals surface area contributed by atoms with E-state index < -0.39 is 23.8 Å². The van der Waals surface area contributed by atoms with Gasteiger partial charge in [0.25, 0.3) is 0 Å². The van der Waals surface area contributed by atoms with Gasteiger partial charge in [0.2, 0.25) is 0 Å². The Morgan fingerprint density at radius 1 is 1.50 bits per heavy atom. The van der Waals surface area contributed by atoms with Gasteiger partial charge >= 0.3 is 5.97 Å². The molecular weight excluding hydrogens is 239 g/mol. The molecule has 0 aromatic heterocycles. The molecule has 4 nitrogen and oxygen atoms in total. The second kappa shape index (κ2) is 6.35. The third kappa shape index (κ3) is 3.20. The Morgan fingerprint density at radius 2 is 2.17 bits per heavy atom. The third-order valence-corrected chi connectivity index (χ3v) is 2.82. The van der Waals surface area contributed by atoms with Gasteiger partial charge in [-0.1, -0.05) is 19.4 Å². The number of carboxylic acids is 1. The number of benzene rings is 1. The van der Waals surface area contributed by atoms with Crippen LogP contribution in [0.25, 0.3) is 0 Å². The molecule has 0 aliphatic heterocycles. The Morgan fingerprint density at radius 3 is 2.61 bits per heavy atom. The lowest BCUT2D eigenvalue weighted by Gasteiger charge is -2.19. The van der Waals surface area contributed by atoms with Crippen LogP contribution in [-0.2, 0) is 4.79 Å². The average Bonchev–Trinajstić information content (AvgIpc) is 2.34. The fraction of sp³-hybridized carbons (Fsp3) is 0.462. The molecule has 0 bridgehead atoms. The van der Waals surface area contributed by atoms with Crippen LogP contribution >= 0.6 is 0 Å². The van der Waals surface area contributed by atoms with Gasteiger partial charge in [-0.2, -0.15) is 0 Å². The summed E-state index contributed by atoms with van der Waals surface area (Å²) in [5, 5.41) is 19.0. The number of carboxylic acid groups (broad SMARTS) is 1. The normalized spacial score (nSPS) is 14.0. The number of hydrogen-bond acceptors (Lipinski definition) is 3. The monoisotopic (exact) mass is 256 g/mol. The van der Waals surface area contributed by atoms with E-state index in [0.29, 0.717) is 12.8 Å². The van der Waals surface area contributed by atoms with Crippen molar-refractivity contribution in [3.05, 3.63) is 29.6 Å². The molecule has 1 aromatic carbocycles. The van der Waals surface area contributed by atoms with E-state index in [9.17, 15) is 14.3 Å². The molecule has 0 fully saturated rings. The van der Waals surface area contributed by atoms with Crippen LogP contribution in [0.15, 0.2) is 18.2 Å². The number of hydrogen-bond donors (Lipinski definition) is 2. The SMILES string of the molecule is CCCC(C(=O)O)C(O)c1ccc(OC)c(F)c1. The van der Waals surface area contributed by atoms with Crippen molar-refractivity contribution < 1.29 is 24.1 Å². The Bertz CT molecular complexity index is 419. The summed E-state index contributed by atoms with van der Waals surface area (Å²) in [5.41, 5.74) is 0.245. The van der Waals surface area contributed by atoms with Crippen LogP contribution in [0.3, 0.4) is 0 Å². The van der Waals surface area contributed by atoms with Crippen LogP contribution in [0, 0.1) is 11.7 Å². The molecule has 1 aromatic rings. The minimum Gasteiger partial charge on any atom is -0.494 e. The zero-order chi connectivity index (χ0) is 13.7. The van der Waals surface area contributed by atoms with Crippen molar-refractivity contribution >= 4 is 5.97 Å². The highest BCUT2D eigenvalue weighted by molar-refractivity contribution is 5.71. The average molecular weight is 256 g/mol. The quantitative estimate of drug-likeness (QED) is 0.820. The number of ether oxygens (including phenoxy) is 1. The zero-order valence-corrected chi connectivity index (χ0v) is 10.4. The zero-order valence-electron chi connectivity index (χ0n) is 10.4. The van der Waals surface area contributed by atoms with Crippen molar-refractivity contribution in [2.24, 2.45) is 5.92 Å². The van der Waals surface area contributed by atoms with E-state index in [0.717, 1.165) is 6.07 Å². The molecule has 0 saturated carbocycles. The van der Waals surface area contributed by atoms with Gasteiger partial charge in [-0.15, -0.1) is 0 Å². The Labute approximate surface area is 105 Å². The molecule has 2 N–H and O–H groups in total. The fourth-order valence-electron chi connectivity index (χ4n) is 1.83. The molecule has 0 saturated heterocycles. The van der Waals surface area contributed by atoms with E-state index in [1.54, 1.807) is 0 Å². The molecule has 0 radical (unpaired) electrons. The van der Waals surface area contributed by atoms with Crippen LogP contribution in [-0.4, -0.2) is 23.3 Å². The lowest BCUT2D eigenvalue weighted by Crippen LogP contribution is -2.22. The predicted molar refractivity (Wildman–Crippen MR) is 63.9 cm³/mol. The molecular formula is C13H17FO4. The number of aliphatic hydroxyl groups excluding tert-OH is 1. The van der Waals surface area contributed by atoms with Crippen molar-refractivity contribution in [1.29, 1.82) is 0 Å². The lowest BCUT2D eigenvalue weighted by atomic mass is 9.92. The molecule has 0 aliphatic carbocycles. The van der Waals surface area contributed by atoms with Gasteiger partial charge in [0, 0.05) is 0 Å².